The number of anilines is 1. The summed E-state index contributed by atoms with van der Waals surface area (Å²) in [5, 5.41) is 24.2. The van der Waals surface area contributed by atoms with Crippen LogP contribution >= 0.6 is 11.6 Å². The molecule has 0 atom stereocenters. The number of aromatic amines is 1. The van der Waals surface area contributed by atoms with Gasteiger partial charge in [-0.2, -0.15) is 5.26 Å². The average molecular weight is 524 g/mol. The number of H-pyrrole nitrogens is 1. The van der Waals surface area contributed by atoms with Crippen molar-refractivity contribution in [2.45, 2.75) is 6.92 Å². The third-order valence-corrected chi connectivity index (χ3v) is 6.21. The van der Waals surface area contributed by atoms with E-state index < -0.39 is 23.0 Å². The van der Waals surface area contributed by atoms with E-state index in [1.165, 1.54) is 0 Å². The number of halogens is 1. The van der Waals surface area contributed by atoms with E-state index in [9.17, 15) is 24.8 Å². The minimum atomic E-state index is -0.866. The van der Waals surface area contributed by atoms with Crippen LogP contribution in [0.3, 0.4) is 0 Å². The summed E-state index contributed by atoms with van der Waals surface area (Å²) in [6.45, 7) is 1.87. The number of nitriles is 1. The molecule has 2 heterocycles. The minimum absolute atomic E-state index is 0.0160. The van der Waals surface area contributed by atoms with Gasteiger partial charge in [-0.25, -0.2) is 14.4 Å². The third-order valence-electron chi connectivity index (χ3n) is 5.95. The zero-order valence-electron chi connectivity index (χ0n) is 19.8. The summed E-state index contributed by atoms with van der Waals surface area (Å²) < 4.78 is 0.960. The zero-order chi connectivity index (χ0) is 27.0. The molecular weight excluding hydrogens is 506 g/mol. The number of carbonyl (C=O) groups excluding carboxylic acids is 1. The van der Waals surface area contributed by atoms with E-state index in [4.69, 9.17) is 11.6 Å². The molecule has 0 unspecified atom stereocenters. The second-order valence-electron chi connectivity index (χ2n) is 8.43. The first-order chi connectivity index (χ1) is 18.3. The Morgan fingerprint density at radius 3 is 2.34 bits per heavy atom. The van der Waals surface area contributed by atoms with Gasteiger partial charge in [0.05, 0.1) is 17.1 Å². The van der Waals surface area contributed by atoms with Gasteiger partial charge in [0.2, 0.25) is 5.88 Å². The van der Waals surface area contributed by atoms with Crippen molar-refractivity contribution in [2.75, 3.05) is 5.32 Å². The first-order valence-electron chi connectivity index (χ1n) is 11.3. The molecule has 1 aromatic heterocycles. The Hall–Kier alpha value is -5.20. The van der Waals surface area contributed by atoms with Crippen LogP contribution in [0.1, 0.15) is 22.3 Å². The summed E-state index contributed by atoms with van der Waals surface area (Å²) in [6, 6.07) is 21.7. The van der Waals surface area contributed by atoms with Crippen molar-refractivity contribution in [3.8, 4) is 17.6 Å². The third kappa shape index (κ3) is 4.30. The number of rotatable bonds is 4. The first-order valence-corrected chi connectivity index (χ1v) is 11.7. The molecule has 9 nitrogen and oxygen atoms in total. The molecule has 3 aromatic carbocycles. The second-order valence-corrected chi connectivity index (χ2v) is 8.87. The van der Waals surface area contributed by atoms with E-state index >= 15 is 0 Å². The van der Waals surface area contributed by atoms with Gasteiger partial charge in [-0.15, -0.1) is 0 Å². The molecule has 5 rings (SSSR count). The van der Waals surface area contributed by atoms with Gasteiger partial charge in [0, 0.05) is 21.8 Å². The Kier molecular flexibility index (Phi) is 6.24. The predicted molar refractivity (Wildman–Crippen MR) is 144 cm³/mol. The van der Waals surface area contributed by atoms with E-state index in [-0.39, 0.29) is 22.5 Å². The van der Waals surface area contributed by atoms with Crippen molar-refractivity contribution in [3.05, 3.63) is 126 Å². The number of aryl methyl sites for hydroxylation is 1. The summed E-state index contributed by atoms with van der Waals surface area (Å²) in [4.78, 5) is 45.4. The molecule has 10 heteroatoms. The Morgan fingerprint density at radius 2 is 1.68 bits per heavy atom. The van der Waals surface area contributed by atoms with Crippen molar-refractivity contribution in [1.82, 2.24) is 9.55 Å². The number of nitrogens with one attached hydrogen (secondary N) is 2. The van der Waals surface area contributed by atoms with Crippen LogP contribution in [0, 0.1) is 18.3 Å². The highest BCUT2D eigenvalue weighted by Gasteiger charge is 2.31. The number of aromatic nitrogens is 2. The highest BCUT2D eigenvalue weighted by molar-refractivity contribution is 6.30. The molecule has 0 bridgehead atoms. The number of nitrogens with zero attached hydrogens (tertiary/aromatic N) is 3. The fourth-order valence-electron chi connectivity index (χ4n) is 4.12. The number of hydrogen-bond acceptors (Lipinski definition) is 6. The molecule has 186 valence electrons. The largest absolute Gasteiger partial charge is 0.493 e. The average Bonchev–Trinajstić information content (AvgIpc) is 3.26. The molecule has 3 N–H and O–H groups in total. The lowest BCUT2D eigenvalue weighted by Crippen LogP contribution is -2.33. The molecule has 0 saturated carbocycles. The summed E-state index contributed by atoms with van der Waals surface area (Å²) in [5.74, 6) is -1.34. The van der Waals surface area contributed by atoms with Crippen molar-refractivity contribution in [2.24, 2.45) is 4.99 Å². The normalized spacial score (nSPS) is 13.3. The molecule has 0 radical (unpaired) electrons. The molecule has 4 aromatic rings. The maximum Gasteiger partial charge on any atom is 0.335 e. The number of aliphatic imine (C=N–C) groups is 1. The molecular formula is C28H18ClN5O4. The molecule has 0 aliphatic carbocycles. The van der Waals surface area contributed by atoms with Gasteiger partial charge in [0.15, 0.2) is 0 Å². The molecule has 0 spiro atoms. The predicted octanol–water partition coefficient (Wildman–Crippen LogP) is 3.92. The van der Waals surface area contributed by atoms with Crippen LogP contribution < -0.4 is 16.6 Å². The Labute approximate surface area is 220 Å². The van der Waals surface area contributed by atoms with Gasteiger partial charge in [0.25, 0.3) is 11.5 Å². The number of hydrogen-bond donors (Lipinski definition) is 3. The quantitative estimate of drug-likeness (QED) is 0.275. The van der Waals surface area contributed by atoms with Crippen LogP contribution in [0.25, 0.3) is 11.4 Å². The standard InChI is InChI=1S/C28H18ClN5O4/c1-15-6-12-18(13-7-15)34-27(37)22(26(36)33-28(34)38)24-20-5-3-2-4-19(20)23(32-24)21(14-30)25(35)31-17-10-8-16(29)9-11-17/h2-13,37H,1H3,(H,31,35)(H,33,36,38). The second kappa shape index (κ2) is 9.69. The Balaban J connectivity index is 1.69. The highest BCUT2D eigenvalue weighted by atomic mass is 35.5. The van der Waals surface area contributed by atoms with Gasteiger partial charge in [-0.3, -0.25) is 14.6 Å². The zero-order valence-corrected chi connectivity index (χ0v) is 20.6. The molecule has 1 aliphatic heterocycles. The topological polar surface area (TPSA) is 140 Å². The van der Waals surface area contributed by atoms with Crippen LogP contribution in [0.2, 0.25) is 5.02 Å². The monoisotopic (exact) mass is 523 g/mol. The lowest BCUT2D eigenvalue weighted by molar-refractivity contribution is -0.112. The molecule has 1 aliphatic rings. The minimum Gasteiger partial charge on any atom is -0.493 e. The number of carbonyl (C=O) groups is 1. The maximum atomic E-state index is 13.1. The van der Waals surface area contributed by atoms with E-state index in [1.807, 2.05) is 13.0 Å². The summed E-state index contributed by atoms with van der Waals surface area (Å²) in [5.41, 5.74) is 0.280. The molecule has 38 heavy (non-hydrogen) atoms. The van der Waals surface area contributed by atoms with E-state index in [1.54, 1.807) is 72.8 Å². The van der Waals surface area contributed by atoms with E-state index in [0.717, 1.165) is 10.1 Å². The Morgan fingerprint density at radius 1 is 1.03 bits per heavy atom. The Bertz CT molecular complexity index is 1830. The number of aromatic hydroxyl groups is 1. The van der Waals surface area contributed by atoms with Crippen LogP contribution in [0.15, 0.2) is 93.0 Å². The molecule has 0 fully saturated rings. The first kappa shape index (κ1) is 24.5. The van der Waals surface area contributed by atoms with E-state index in [2.05, 4.69) is 15.3 Å². The van der Waals surface area contributed by atoms with Crippen molar-refractivity contribution in [1.29, 1.82) is 5.26 Å². The SMILES string of the molecule is Cc1ccc(-n2c(O)c(C3=NC(=C(C#N)C(=O)Nc4ccc(Cl)cc4)c4ccccc43)c(=O)[nH]c2=O)cc1. The van der Waals surface area contributed by atoms with Gasteiger partial charge < -0.3 is 10.4 Å². The van der Waals surface area contributed by atoms with Crippen molar-refractivity contribution in [3.63, 3.8) is 0 Å². The molecule has 0 saturated heterocycles. The van der Waals surface area contributed by atoms with Crippen molar-refractivity contribution >= 4 is 34.6 Å². The number of amides is 1. The van der Waals surface area contributed by atoms with Gasteiger partial charge in [-0.05, 0) is 43.3 Å². The van der Waals surface area contributed by atoms with Crippen LogP contribution in [-0.4, -0.2) is 26.3 Å². The highest BCUT2D eigenvalue weighted by Crippen LogP contribution is 2.35. The van der Waals surface area contributed by atoms with Crippen LogP contribution in [0.4, 0.5) is 5.69 Å². The van der Waals surface area contributed by atoms with Gasteiger partial charge >= 0.3 is 5.69 Å². The summed E-state index contributed by atoms with van der Waals surface area (Å²) in [7, 11) is 0. The maximum absolute atomic E-state index is 13.1. The number of benzene rings is 3. The lowest BCUT2D eigenvalue weighted by Gasteiger charge is -2.12. The number of fused-ring (bicyclic) bond motifs is 1. The van der Waals surface area contributed by atoms with Gasteiger partial charge in [-0.1, -0.05) is 53.6 Å². The lowest BCUT2D eigenvalue weighted by atomic mass is 9.99. The smallest absolute Gasteiger partial charge is 0.335 e. The van der Waals surface area contributed by atoms with Crippen LogP contribution in [-0.2, 0) is 4.79 Å². The van der Waals surface area contributed by atoms with Crippen LogP contribution in [0.5, 0.6) is 5.88 Å². The van der Waals surface area contributed by atoms with Crippen molar-refractivity contribution < 1.29 is 9.90 Å². The fourth-order valence-corrected chi connectivity index (χ4v) is 4.25. The van der Waals surface area contributed by atoms with E-state index in [0.29, 0.717) is 27.5 Å². The molecule has 1 amide bonds. The van der Waals surface area contributed by atoms with Gasteiger partial charge in [0.1, 0.15) is 17.2 Å². The fraction of sp³-hybridized carbons (Fsp3) is 0.0357. The summed E-state index contributed by atoms with van der Waals surface area (Å²) >= 11 is 5.90. The summed E-state index contributed by atoms with van der Waals surface area (Å²) in [6.07, 6.45) is 0.